The molecule has 5 aliphatic carbocycles. The first kappa shape index (κ1) is 56.6. The van der Waals surface area contributed by atoms with Crippen molar-refractivity contribution in [3.63, 3.8) is 0 Å². The summed E-state index contributed by atoms with van der Waals surface area (Å²) in [5.74, 6) is 0. The predicted molar refractivity (Wildman–Crippen MR) is 363 cm³/mol. The largest absolute Gasteiger partial charge is 0.334 e. The molecule has 0 saturated heterocycles. The Morgan fingerprint density at radius 3 is 1.17 bits per heavy atom. The summed E-state index contributed by atoms with van der Waals surface area (Å²) in [6.45, 7) is 48.1. The predicted octanol–water partition coefficient (Wildman–Crippen LogP) is 20.2. The Morgan fingerprint density at radius 2 is 0.738 bits per heavy atom. The lowest BCUT2D eigenvalue weighted by atomic mass is 9.32. The van der Waals surface area contributed by atoms with Crippen LogP contribution in [0.25, 0.3) is 0 Å². The van der Waals surface area contributed by atoms with Crippen molar-refractivity contribution >= 4 is 68.6 Å². The summed E-state index contributed by atoms with van der Waals surface area (Å²) < 4.78 is 0. The first-order valence-electron chi connectivity index (χ1n) is 33.7. The van der Waals surface area contributed by atoms with Gasteiger partial charge in [-0.15, -0.1) is 0 Å². The van der Waals surface area contributed by atoms with Gasteiger partial charge in [-0.05, 0) is 254 Å². The maximum absolute atomic E-state index is 2.92. The van der Waals surface area contributed by atoms with Crippen molar-refractivity contribution in [1.29, 1.82) is 0 Å². The van der Waals surface area contributed by atoms with Gasteiger partial charge in [0.2, 0.25) is 0 Å². The molecule has 1 fully saturated rings. The van der Waals surface area contributed by atoms with Crippen molar-refractivity contribution in [2.24, 2.45) is 0 Å². The molecule has 14 rings (SSSR count). The van der Waals surface area contributed by atoms with E-state index < -0.39 is 0 Å². The lowest BCUT2D eigenvalue weighted by molar-refractivity contribution is 0.195. The maximum Gasteiger partial charge on any atom is 0.252 e. The second-order valence-corrected chi connectivity index (χ2v) is 34.5. The summed E-state index contributed by atoms with van der Waals surface area (Å²) in [6, 6.07) is 39.9. The number of benzene rings is 6. The van der Waals surface area contributed by atoms with Crippen molar-refractivity contribution < 1.29 is 0 Å². The minimum atomic E-state index is -0.127. The molecule has 0 aromatic heterocycles. The van der Waals surface area contributed by atoms with E-state index >= 15 is 0 Å². The summed E-state index contributed by atoms with van der Waals surface area (Å²) in [4.78, 5) is 8.60. The Labute approximate surface area is 509 Å². The second kappa shape index (κ2) is 18.0. The quantitative estimate of drug-likeness (QED) is 0.154. The van der Waals surface area contributed by atoms with E-state index in [0.717, 1.165) is 12.8 Å². The van der Waals surface area contributed by atoms with Gasteiger partial charge in [0.25, 0.3) is 6.71 Å². The molecular weight excluding hydrogens is 1010 g/mol. The summed E-state index contributed by atoms with van der Waals surface area (Å²) in [7, 11) is 0. The molecule has 6 aromatic carbocycles. The summed E-state index contributed by atoms with van der Waals surface area (Å²) >= 11 is 0. The zero-order chi connectivity index (χ0) is 59.6. The van der Waals surface area contributed by atoms with Crippen molar-refractivity contribution in [2.45, 2.75) is 282 Å². The number of rotatable bonds is 6. The molecule has 0 radical (unpaired) electrons. The summed E-state index contributed by atoms with van der Waals surface area (Å²) in [6.07, 6.45) is 18.0. The average Bonchev–Trinajstić information content (AvgIpc) is 1.09. The number of hydrogen-bond acceptors (Lipinski definition) is 3. The highest BCUT2D eigenvalue weighted by Crippen LogP contribution is 2.63. The van der Waals surface area contributed by atoms with Gasteiger partial charge >= 0.3 is 0 Å². The molecule has 4 heteroatoms. The van der Waals surface area contributed by atoms with Crippen LogP contribution in [0.15, 0.2) is 91.0 Å². The lowest BCUT2D eigenvalue weighted by Crippen LogP contribution is -2.62. The minimum absolute atomic E-state index is 0.000290. The lowest BCUT2D eigenvalue weighted by Gasteiger charge is -2.52. The van der Waals surface area contributed by atoms with E-state index in [2.05, 4.69) is 237 Å². The molecule has 0 spiro atoms. The van der Waals surface area contributed by atoms with Gasteiger partial charge in [0, 0.05) is 50.9 Å². The van der Waals surface area contributed by atoms with Gasteiger partial charge in [-0.3, -0.25) is 0 Å². The van der Waals surface area contributed by atoms with E-state index in [1.807, 2.05) is 0 Å². The summed E-state index contributed by atoms with van der Waals surface area (Å²) in [5.41, 5.74) is 30.8. The van der Waals surface area contributed by atoms with Crippen LogP contribution in [0.1, 0.15) is 277 Å². The number of fused-ring (bicyclic) bond motifs is 11. The van der Waals surface area contributed by atoms with Crippen LogP contribution in [0.4, 0.5) is 45.5 Å². The standard InChI is InChI=1S/C80H102BN3/c1-20-21-24-50-25-30-65-62(41-50)79(18)31-22-23-32-80(79,19)84(65)53-44-68-70-69(45-53)83(52-27-29-55-57(43-52)74(8,9)36-34-72(55,4)5)67-49-61-59(76(12,13)38-40-78(61,16)17)47-64(67)81(70)63-46-58-60(77(14,15)39-37-75(58,10)11)48-66(63)82(68)51-26-28-54-56(42-51)73(6,7)35-33-71(54,2)3/h25-30,41-49H,20-24,31-40H2,1-19H3. The van der Waals surface area contributed by atoms with Crippen LogP contribution in [0.5, 0.6) is 0 Å². The van der Waals surface area contributed by atoms with Crippen molar-refractivity contribution in [3.05, 3.63) is 147 Å². The van der Waals surface area contributed by atoms with Crippen LogP contribution >= 0.6 is 0 Å². The fourth-order valence-corrected chi connectivity index (χ4v) is 18.9. The minimum Gasteiger partial charge on any atom is -0.334 e. The van der Waals surface area contributed by atoms with Crippen LogP contribution in [0, 0.1) is 0 Å². The number of unbranched alkanes of at least 4 members (excludes halogenated alkanes) is 1. The Hall–Kier alpha value is -5.22. The molecule has 84 heavy (non-hydrogen) atoms. The van der Waals surface area contributed by atoms with E-state index in [1.165, 1.54) is 184 Å². The molecule has 2 atom stereocenters. The molecule has 0 bridgehead atoms. The fraction of sp³-hybridized carbons (Fsp3) is 0.550. The molecule has 6 aromatic rings. The topological polar surface area (TPSA) is 9.72 Å². The number of hydrogen-bond donors (Lipinski definition) is 0. The van der Waals surface area contributed by atoms with Gasteiger partial charge in [0.15, 0.2) is 0 Å². The van der Waals surface area contributed by atoms with Crippen molar-refractivity contribution in [3.8, 4) is 0 Å². The third-order valence-corrected chi connectivity index (χ3v) is 25.4. The van der Waals surface area contributed by atoms with Gasteiger partial charge in [0.1, 0.15) is 0 Å². The van der Waals surface area contributed by atoms with Gasteiger partial charge < -0.3 is 14.7 Å². The molecule has 0 amide bonds. The third-order valence-electron chi connectivity index (χ3n) is 25.4. The van der Waals surface area contributed by atoms with Crippen LogP contribution in [-0.4, -0.2) is 12.3 Å². The highest BCUT2D eigenvalue weighted by atomic mass is 15.3. The highest BCUT2D eigenvalue weighted by molar-refractivity contribution is 7.00. The number of aryl methyl sites for hydroxylation is 1. The van der Waals surface area contributed by atoms with Gasteiger partial charge in [-0.25, -0.2) is 0 Å². The zero-order valence-electron chi connectivity index (χ0n) is 55.7. The zero-order valence-corrected chi connectivity index (χ0v) is 55.7. The number of anilines is 8. The van der Waals surface area contributed by atoms with Crippen molar-refractivity contribution in [1.82, 2.24) is 0 Å². The monoisotopic (exact) mass is 1120 g/mol. The van der Waals surface area contributed by atoms with E-state index in [1.54, 1.807) is 16.7 Å². The van der Waals surface area contributed by atoms with Gasteiger partial charge in [-0.1, -0.05) is 180 Å². The van der Waals surface area contributed by atoms with Crippen LogP contribution in [0.2, 0.25) is 0 Å². The first-order valence-corrected chi connectivity index (χ1v) is 33.7. The van der Waals surface area contributed by atoms with Crippen LogP contribution in [-0.2, 0) is 55.2 Å². The molecule has 3 heterocycles. The summed E-state index contributed by atoms with van der Waals surface area (Å²) in [5, 5.41) is 0. The molecule has 8 aliphatic rings. The molecule has 0 N–H and O–H groups in total. The van der Waals surface area contributed by atoms with E-state index in [9.17, 15) is 0 Å². The average molecular weight is 1120 g/mol. The first-order chi connectivity index (χ1) is 39.3. The molecule has 3 aliphatic heterocycles. The molecule has 3 nitrogen and oxygen atoms in total. The Bertz CT molecular complexity index is 3570. The Morgan fingerprint density at radius 1 is 0.345 bits per heavy atom. The highest BCUT2D eigenvalue weighted by Gasteiger charge is 2.59. The molecule has 1 saturated carbocycles. The van der Waals surface area contributed by atoms with Gasteiger partial charge in [0.05, 0.1) is 5.54 Å². The van der Waals surface area contributed by atoms with Crippen molar-refractivity contribution in [2.75, 3.05) is 14.7 Å². The Balaban J connectivity index is 1.15. The van der Waals surface area contributed by atoms with E-state index in [4.69, 9.17) is 0 Å². The number of nitrogens with zero attached hydrogens (tertiary/aromatic N) is 3. The normalized spacial score (nSPS) is 25.9. The van der Waals surface area contributed by atoms with E-state index in [-0.39, 0.29) is 61.0 Å². The van der Waals surface area contributed by atoms with E-state index in [0.29, 0.717) is 0 Å². The fourth-order valence-electron chi connectivity index (χ4n) is 18.9. The Kier molecular flexibility index (Phi) is 12.1. The smallest absolute Gasteiger partial charge is 0.252 e. The van der Waals surface area contributed by atoms with Gasteiger partial charge in [-0.2, -0.15) is 0 Å². The second-order valence-electron chi connectivity index (χ2n) is 34.5. The SMILES string of the molecule is CCCCc1ccc2c(c1)C1(C)CCCCC1(C)N2c1cc2c3c(c1)N(c1ccc4c(c1)C(C)(C)CCC4(C)C)c1cc4c(cc1B3c1cc3c(cc1N2c1ccc2c(c1)C(C)(C)CCC2(C)C)C(C)(C)CCC3(C)C)C(C)(C)CCC4(C)C. The molecular formula is C80H102BN3. The third kappa shape index (κ3) is 7.93. The molecule has 440 valence electrons. The molecule has 2 unspecified atom stereocenters. The van der Waals surface area contributed by atoms with Crippen LogP contribution < -0.4 is 31.1 Å². The maximum atomic E-state index is 2.92. The van der Waals surface area contributed by atoms with Crippen LogP contribution in [0.3, 0.4) is 0 Å².